The van der Waals surface area contributed by atoms with Gasteiger partial charge in [-0.3, -0.25) is 9.59 Å². The van der Waals surface area contributed by atoms with Crippen LogP contribution in [-0.4, -0.2) is 25.6 Å². The normalized spacial score (nSPS) is 19.5. The third kappa shape index (κ3) is 4.60. The molecular formula is C18H18N2O4S3. The highest BCUT2D eigenvalue weighted by Gasteiger charge is 2.38. The van der Waals surface area contributed by atoms with Crippen molar-refractivity contribution in [2.45, 2.75) is 18.1 Å². The Morgan fingerprint density at radius 2 is 1.85 bits per heavy atom. The van der Waals surface area contributed by atoms with E-state index in [0.29, 0.717) is 10.4 Å². The van der Waals surface area contributed by atoms with Crippen molar-refractivity contribution in [3.63, 3.8) is 0 Å². The number of primary amides is 1. The lowest BCUT2D eigenvalue weighted by Gasteiger charge is -2.17. The predicted molar refractivity (Wildman–Crippen MR) is 108 cm³/mol. The van der Waals surface area contributed by atoms with Crippen molar-refractivity contribution in [3.8, 4) is 0 Å². The van der Waals surface area contributed by atoms with Crippen LogP contribution in [0.4, 0.5) is 0 Å². The molecule has 0 radical (unpaired) electrons. The molecule has 1 aromatic carbocycles. The first-order valence-electron chi connectivity index (χ1n) is 8.08. The number of aryl methyl sites for hydroxylation is 1. The minimum absolute atomic E-state index is 0.0582. The van der Waals surface area contributed by atoms with Gasteiger partial charge in [0.25, 0.3) is 5.91 Å². The Morgan fingerprint density at radius 1 is 1.15 bits per heavy atom. The summed E-state index contributed by atoms with van der Waals surface area (Å²) in [6, 6.07) is 12.3. The number of thioether (sulfide) groups is 1. The van der Waals surface area contributed by atoms with Crippen LogP contribution in [-0.2, 0) is 20.4 Å². The van der Waals surface area contributed by atoms with Crippen molar-refractivity contribution >= 4 is 44.8 Å². The van der Waals surface area contributed by atoms with Crippen molar-refractivity contribution in [3.05, 3.63) is 68.1 Å². The molecule has 3 N–H and O–H groups in total. The van der Waals surface area contributed by atoms with Crippen LogP contribution in [0.25, 0.3) is 0 Å². The van der Waals surface area contributed by atoms with Crippen LogP contribution in [0.15, 0.2) is 52.8 Å². The molecule has 2 unspecified atom stereocenters. The largest absolute Gasteiger partial charge is 0.369 e. The molecule has 1 aromatic heterocycles. The first-order chi connectivity index (χ1) is 12.8. The van der Waals surface area contributed by atoms with Crippen molar-refractivity contribution in [1.29, 1.82) is 0 Å². The van der Waals surface area contributed by atoms with Gasteiger partial charge < -0.3 is 11.1 Å². The maximum absolute atomic E-state index is 12.7. The Kier molecular flexibility index (Phi) is 5.73. The molecule has 0 bridgehead atoms. The quantitative estimate of drug-likeness (QED) is 0.744. The number of benzene rings is 1. The Labute approximate surface area is 165 Å². The lowest BCUT2D eigenvalue weighted by atomic mass is 10.1. The van der Waals surface area contributed by atoms with Gasteiger partial charge in [-0.05, 0) is 30.7 Å². The van der Waals surface area contributed by atoms with E-state index in [0.717, 1.165) is 16.6 Å². The first kappa shape index (κ1) is 19.7. The van der Waals surface area contributed by atoms with Crippen LogP contribution in [0.3, 0.4) is 0 Å². The van der Waals surface area contributed by atoms with Crippen LogP contribution in [0.5, 0.6) is 0 Å². The molecule has 2 atom stereocenters. The fourth-order valence-corrected chi connectivity index (χ4v) is 6.59. The summed E-state index contributed by atoms with van der Waals surface area (Å²) in [5.41, 5.74) is 6.07. The van der Waals surface area contributed by atoms with E-state index in [9.17, 15) is 18.0 Å². The molecule has 0 saturated heterocycles. The molecule has 0 aliphatic carbocycles. The smallest absolute Gasteiger partial charge is 0.262 e. The number of hydrogen-bond acceptors (Lipinski definition) is 6. The summed E-state index contributed by atoms with van der Waals surface area (Å²) in [6.07, 6.45) is 1.34. The summed E-state index contributed by atoms with van der Waals surface area (Å²) in [6.45, 7) is 1.88. The minimum atomic E-state index is -3.64. The zero-order chi connectivity index (χ0) is 19.6. The fourth-order valence-electron chi connectivity index (χ4n) is 2.62. The Balaban J connectivity index is 1.77. The third-order valence-corrected chi connectivity index (χ3v) is 8.50. The SMILES string of the molecule is Cc1ccc(C(=O)NC2SC(S(=O)(=O)Cc3ccccc3)=CC2C(N)=O)s1. The molecule has 1 aliphatic heterocycles. The van der Waals surface area contributed by atoms with E-state index in [4.69, 9.17) is 5.73 Å². The van der Waals surface area contributed by atoms with Crippen molar-refractivity contribution in [2.24, 2.45) is 11.7 Å². The van der Waals surface area contributed by atoms with Crippen LogP contribution in [0.2, 0.25) is 0 Å². The van der Waals surface area contributed by atoms with E-state index in [-0.39, 0.29) is 15.9 Å². The van der Waals surface area contributed by atoms with Gasteiger partial charge in [0.1, 0.15) is 0 Å². The average molecular weight is 423 g/mol. The number of hydrogen-bond donors (Lipinski definition) is 2. The molecule has 6 nitrogen and oxygen atoms in total. The Morgan fingerprint density at radius 3 is 2.44 bits per heavy atom. The molecule has 0 saturated carbocycles. The van der Waals surface area contributed by atoms with Gasteiger partial charge in [-0.15, -0.1) is 11.3 Å². The van der Waals surface area contributed by atoms with Crippen molar-refractivity contribution in [1.82, 2.24) is 5.32 Å². The molecule has 2 aromatic rings. The fraction of sp³-hybridized carbons (Fsp3) is 0.222. The highest BCUT2D eigenvalue weighted by Crippen LogP contribution is 2.39. The van der Waals surface area contributed by atoms with Crippen molar-refractivity contribution < 1.29 is 18.0 Å². The third-order valence-electron chi connectivity index (χ3n) is 3.96. The van der Waals surface area contributed by atoms with Crippen LogP contribution < -0.4 is 11.1 Å². The summed E-state index contributed by atoms with van der Waals surface area (Å²) in [5, 5.41) is 1.97. The monoisotopic (exact) mass is 422 g/mol. The van der Waals surface area contributed by atoms with Gasteiger partial charge in [0.2, 0.25) is 5.91 Å². The molecular weight excluding hydrogens is 404 g/mol. The standard InChI is InChI=1S/C18H18N2O4S3/c1-11-7-8-14(25-11)17(22)20-18-13(16(19)21)9-15(26-18)27(23,24)10-12-5-3-2-4-6-12/h2-9,13,18H,10H2,1H3,(H2,19,21)(H,20,22). The molecule has 9 heteroatoms. The molecule has 142 valence electrons. The second-order valence-corrected chi connectivity index (χ2v) is 10.8. The van der Waals surface area contributed by atoms with Gasteiger partial charge in [0.05, 0.1) is 26.2 Å². The van der Waals surface area contributed by atoms with Crippen LogP contribution in [0, 0.1) is 12.8 Å². The van der Waals surface area contributed by atoms with Gasteiger partial charge >= 0.3 is 0 Å². The predicted octanol–water partition coefficient (Wildman–Crippen LogP) is 2.42. The summed E-state index contributed by atoms with van der Waals surface area (Å²) in [7, 11) is -3.64. The van der Waals surface area contributed by atoms with Crippen LogP contribution >= 0.6 is 23.1 Å². The summed E-state index contributed by atoms with van der Waals surface area (Å²) in [4.78, 5) is 25.7. The van der Waals surface area contributed by atoms with Crippen LogP contribution in [0.1, 0.15) is 20.1 Å². The molecule has 27 heavy (non-hydrogen) atoms. The number of carbonyl (C=O) groups is 2. The molecule has 0 spiro atoms. The Bertz CT molecular complexity index is 997. The van der Waals surface area contributed by atoms with E-state index >= 15 is 0 Å². The lowest BCUT2D eigenvalue weighted by molar-refractivity contribution is -0.120. The number of nitrogens with two attached hydrogens (primary N) is 1. The van der Waals surface area contributed by atoms with E-state index < -0.39 is 27.0 Å². The number of carbonyl (C=O) groups excluding carboxylic acids is 2. The summed E-state index contributed by atoms with van der Waals surface area (Å²) >= 11 is 2.27. The second-order valence-electron chi connectivity index (χ2n) is 6.08. The van der Waals surface area contributed by atoms with Gasteiger partial charge in [-0.1, -0.05) is 42.1 Å². The van der Waals surface area contributed by atoms with E-state index in [2.05, 4.69) is 5.32 Å². The van der Waals surface area contributed by atoms with Gasteiger partial charge in [-0.2, -0.15) is 0 Å². The highest BCUT2D eigenvalue weighted by molar-refractivity contribution is 8.19. The van der Waals surface area contributed by atoms with E-state index in [1.54, 1.807) is 36.4 Å². The molecule has 1 aliphatic rings. The minimum Gasteiger partial charge on any atom is -0.369 e. The number of thiophene rings is 1. The molecule has 2 amide bonds. The summed E-state index contributed by atoms with van der Waals surface area (Å²) in [5.74, 6) is -2.10. The number of sulfone groups is 1. The maximum atomic E-state index is 12.7. The summed E-state index contributed by atoms with van der Waals surface area (Å²) < 4.78 is 25.5. The highest BCUT2D eigenvalue weighted by atomic mass is 32.3. The molecule has 0 fully saturated rings. The zero-order valence-electron chi connectivity index (χ0n) is 14.4. The van der Waals surface area contributed by atoms with Gasteiger partial charge in [-0.25, -0.2) is 8.42 Å². The van der Waals surface area contributed by atoms with E-state index in [1.165, 1.54) is 17.4 Å². The Hall–Kier alpha value is -2.10. The number of nitrogens with one attached hydrogen (secondary N) is 1. The second kappa shape index (κ2) is 7.87. The topological polar surface area (TPSA) is 106 Å². The zero-order valence-corrected chi connectivity index (χ0v) is 16.9. The van der Waals surface area contributed by atoms with Gasteiger partial charge in [0.15, 0.2) is 9.84 Å². The van der Waals surface area contributed by atoms with E-state index in [1.807, 2.05) is 13.0 Å². The number of amides is 2. The van der Waals surface area contributed by atoms with Crippen molar-refractivity contribution in [2.75, 3.05) is 0 Å². The average Bonchev–Trinajstić information content (AvgIpc) is 3.22. The van der Waals surface area contributed by atoms with Gasteiger partial charge in [0, 0.05) is 4.88 Å². The number of rotatable bonds is 6. The molecule has 2 heterocycles. The first-order valence-corrected chi connectivity index (χ1v) is 11.4. The maximum Gasteiger partial charge on any atom is 0.262 e. The molecule has 3 rings (SSSR count). The lowest BCUT2D eigenvalue weighted by Crippen LogP contribution is -2.40.